The molecule has 0 unspecified atom stereocenters. The smallest absolute Gasteiger partial charge is 0.438 e. The van der Waals surface area contributed by atoms with Crippen LogP contribution in [0.15, 0.2) is 53.6 Å². The van der Waals surface area contributed by atoms with Crippen molar-refractivity contribution in [1.29, 1.82) is 0 Å². The van der Waals surface area contributed by atoms with E-state index in [4.69, 9.17) is 9.47 Å². The molecule has 28 heavy (non-hydrogen) atoms. The number of ether oxygens (including phenoxy) is 2. The summed E-state index contributed by atoms with van der Waals surface area (Å²) in [5, 5.41) is 14.3. The van der Waals surface area contributed by atoms with Crippen molar-refractivity contribution in [2.45, 2.75) is 18.3 Å². The van der Waals surface area contributed by atoms with Crippen molar-refractivity contribution >= 4 is 11.6 Å². The van der Waals surface area contributed by atoms with Gasteiger partial charge < -0.3 is 14.6 Å². The summed E-state index contributed by atoms with van der Waals surface area (Å²) in [6, 6.07) is 11.8. The summed E-state index contributed by atoms with van der Waals surface area (Å²) < 4.78 is 51.1. The Morgan fingerprint density at radius 2 is 1.71 bits per heavy atom. The van der Waals surface area contributed by atoms with E-state index in [-0.39, 0.29) is 22.0 Å². The number of halogens is 3. The van der Waals surface area contributed by atoms with Crippen LogP contribution in [0.2, 0.25) is 0 Å². The summed E-state index contributed by atoms with van der Waals surface area (Å²) in [7, 11) is 2.78. The van der Waals surface area contributed by atoms with Gasteiger partial charge in [-0.25, -0.2) is 0 Å². The fourth-order valence-electron chi connectivity index (χ4n) is 2.82. The molecule has 1 atom stereocenters. The Hall–Kier alpha value is -3.07. The summed E-state index contributed by atoms with van der Waals surface area (Å²) >= 11 is 0. The van der Waals surface area contributed by atoms with Crippen LogP contribution in [0, 0.1) is 0 Å². The van der Waals surface area contributed by atoms with Crippen LogP contribution >= 0.6 is 0 Å². The fourth-order valence-corrected chi connectivity index (χ4v) is 2.82. The lowest BCUT2D eigenvalue weighted by molar-refractivity contribution is -0.297. The molecule has 0 fully saturated rings. The molecule has 0 saturated carbocycles. The van der Waals surface area contributed by atoms with Gasteiger partial charge in [0.15, 0.2) is 0 Å². The zero-order valence-electron chi connectivity index (χ0n) is 15.0. The first-order chi connectivity index (χ1) is 13.2. The Kier molecular flexibility index (Phi) is 5.03. The molecule has 0 saturated heterocycles. The minimum absolute atomic E-state index is 0.0799. The first-order valence-corrected chi connectivity index (χ1v) is 8.19. The highest BCUT2D eigenvalue weighted by Crippen LogP contribution is 2.42. The maximum Gasteiger partial charge on any atom is 0.438 e. The topological polar surface area (TPSA) is 71.4 Å². The van der Waals surface area contributed by atoms with Gasteiger partial charge in [0.25, 0.3) is 11.6 Å². The Bertz CT molecular complexity index is 929. The number of aliphatic hydroxyl groups is 1. The lowest BCUT2D eigenvalue weighted by atomic mass is 10.0. The minimum atomic E-state index is -5.12. The zero-order chi connectivity index (χ0) is 20.5. The van der Waals surface area contributed by atoms with Crippen molar-refractivity contribution in [1.82, 2.24) is 5.01 Å². The fraction of sp³-hybridized carbons (Fsp3) is 0.263. The third-order valence-electron chi connectivity index (χ3n) is 4.35. The first-order valence-electron chi connectivity index (χ1n) is 8.19. The van der Waals surface area contributed by atoms with E-state index in [0.717, 1.165) is 0 Å². The summed E-state index contributed by atoms with van der Waals surface area (Å²) in [4.78, 5) is 12.8. The van der Waals surface area contributed by atoms with Gasteiger partial charge in [0.1, 0.15) is 11.5 Å². The van der Waals surface area contributed by atoms with Crippen molar-refractivity contribution in [2.24, 2.45) is 5.10 Å². The molecule has 0 bridgehead atoms. The molecule has 0 aromatic heterocycles. The van der Waals surface area contributed by atoms with Crippen LogP contribution in [0.4, 0.5) is 13.2 Å². The molecule has 0 aliphatic carbocycles. The highest BCUT2D eigenvalue weighted by Gasteiger charge is 2.63. The Balaban J connectivity index is 2.05. The number of hydrogen-bond donors (Lipinski definition) is 1. The van der Waals surface area contributed by atoms with Crippen molar-refractivity contribution in [3.63, 3.8) is 0 Å². The maximum atomic E-state index is 13.7. The van der Waals surface area contributed by atoms with Gasteiger partial charge in [0, 0.05) is 11.1 Å². The number of rotatable bonds is 4. The average molecular weight is 394 g/mol. The monoisotopic (exact) mass is 394 g/mol. The highest BCUT2D eigenvalue weighted by atomic mass is 19.4. The predicted octanol–water partition coefficient (Wildman–Crippen LogP) is 3.20. The second kappa shape index (κ2) is 7.16. The molecule has 1 heterocycles. The van der Waals surface area contributed by atoms with E-state index >= 15 is 0 Å². The molecule has 0 spiro atoms. The number of carbonyl (C=O) groups is 1. The lowest BCUT2D eigenvalue weighted by Gasteiger charge is -2.32. The van der Waals surface area contributed by atoms with E-state index in [9.17, 15) is 23.1 Å². The molecule has 1 aliphatic heterocycles. The van der Waals surface area contributed by atoms with E-state index < -0.39 is 24.2 Å². The standard InChI is InChI=1S/C19H17F3N2O4/c1-27-14-7-3-5-12(9-14)16-11-18(26,19(20,21)22)24(23-16)17(25)13-6-4-8-15(10-13)28-2/h3-10,26H,11H2,1-2H3/t18-/m1/s1. The van der Waals surface area contributed by atoms with Crippen LogP contribution in [0.25, 0.3) is 0 Å². The average Bonchev–Trinajstić information content (AvgIpc) is 3.06. The van der Waals surface area contributed by atoms with Crippen LogP contribution in [-0.4, -0.2) is 47.9 Å². The number of alkyl halides is 3. The van der Waals surface area contributed by atoms with Crippen LogP contribution in [-0.2, 0) is 0 Å². The summed E-state index contributed by atoms with van der Waals surface area (Å²) in [5.74, 6) is -0.400. The van der Waals surface area contributed by atoms with Crippen LogP contribution in [0.1, 0.15) is 22.3 Å². The van der Waals surface area contributed by atoms with Gasteiger partial charge in [-0.3, -0.25) is 4.79 Å². The van der Waals surface area contributed by atoms with Gasteiger partial charge in [-0.15, -0.1) is 0 Å². The molecule has 2 aromatic carbocycles. The van der Waals surface area contributed by atoms with E-state index in [2.05, 4.69) is 5.10 Å². The van der Waals surface area contributed by atoms with Gasteiger partial charge in [-0.2, -0.15) is 23.3 Å². The Morgan fingerprint density at radius 3 is 2.32 bits per heavy atom. The molecule has 6 nitrogen and oxygen atoms in total. The molecule has 1 amide bonds. The third-order valence-corrected chi connectivity index (χ3v) is 4.35. The Labute approximate surface area is 158 Å². The van der Waals surface area contributed by atoms with Gasteiger partial charge in [-0.1, -0.05) is 18.2 Å². The summed E-state index contributed by atoms with van der Waals surface area (Å²) in [6.07, 6.45) is -6.02. The molecule has 148 valence electrons. The molecule has 9 heteroatoms. The number of hydrazone groups is 1. The number of methoxy groups -OCH3 is 2. The van der Waals surface area contributed by atoms with E-state index in [0.29, 0.717) is 11.3 Å². The zero-order valence-corrected chi connectivity index (χ0v) is 15.0. The Morgan fingerprint density at radius 1 is 1.11 bits per heavy atom. The second-order valence-electron chi connectivity index (χ2n) is 6.12. The van der Waals surface area contributed by atoms with Crippen LogP contribution in [0.5, 0.6) is 11.5 Å². The van der Waals surface area contributed by atoms with Gasteiger partial charge in [0.2, 0.25) is 0 Å². The molecule has 1 aliphatic rings. The number of carbonyl (C=O) groups excluding carboxylic acids is 1. The molecular formula is C19H17F3N2O4. The van der Waals surface area contributed by atoms with Crippen LogP contribution < -0.4 is 9.47 Å². The SMILES string of the molecule is COc1cccc(C(=O)N2N=C(c3cccc(OC)c3)C[C@@]2(O)C(F)(F)F)c1. The van der Waals surface area contributed by atoms with Crippen molar-refractivity contribution < 1.29 is 32.5 Å². The normalized spacial score (nSPS) is 19.4. The highest BCUT2D eigenvalue weighted by molar-refractivity contribution is 6.05. The summed E-state index contributed by atoms with van der Waals surface area (Å²) in [5.41, 5.74) is -3.35. The van der Waals surface area contributed by atoms with Crippen molar-refractivity contribution in [2.75, 3.05) is 14.2 Å². The van der Waals surface area contributed by atoms with Gasteiger partial charge in [-0.05, 0) is 30.3 Å². The second-order valence-corrected chi connectivity index (χ2v) is 6.12. The van der Waals surface area contributed by atoms with Gasteiger partial charge in [0.05, 0.1) is 26.4 Å². The predicted molar refractivity (Wildman–Crippen MR) is 94.3 cm³/mol. The molecule has 0 radical (unpaired) electrons. The lowest BCUT2D eigenvalue weighted by Crippen LogP contribution is -2.56. The first kappa shape index (κ1) is 19.7. The van der Waals surface area contributed by atoms with Crippen molar-refractivity contribution in [3.05, 3.63) is 59.7 Å². The maximum absolute atomic E-state index is 13.7. The quantitative estimate of drug-likeness (QED) is 0.865. The number of hydrogen-bond acceptors (Lipinski definition) is 5. The van der Waals surface area contributed by atoms with Gasteiger partial charge >= 0.3 is 6.18 Å². The molecule has 3 rings (SSSR count). The number of nitrogens with zero attached hydrogens (tertiary/aromatic N) is 2. The number of amides is 1. The molecule has 1 N–H and O–H groups in total. The summed E-state index contributed by atoms with van der Waals surface area (Å²) in [6.45, 7) is 0. The molecular weight excluding hydrogens is 377 g/mol. The van der Waals surface area contributed by atoms with Crippen molar-refractivity contribution in [3.8, 4) is 11.5 Å². The largest absolute Gasteiger partial charge is 0.497 e. The van der Waals surface area contributed by atoms with Crippen LogP contribution in [0.3, 0.4) is 0 Å². The van der Waals surface area contributed by atoms with E-state index in [1.54, 1.807) is 18.2 Å². The van der Waals surface area contributed by atoms with E-state index in [1.807, 2.05) is 0 Å². The molecule has 2 aromatic rings. The minimum Gasteiger partial charge on any atom is -0.497 e. The van der Waals surface area contributed by atoms with E-state index in [1.165, 1.54) is 44.6 Å². The third kappa shape index (κ3) is 3.40. The number of benzene rings is 2.